The minimum atomic E-state index is -0.770. The van der Waals surface area contributed by atoms with Crippen LogP contribution in [0.1, 0.15) is 47.0 Å². The molecule has 0 saturated carbocycles. The zero-order chi connectivity index (χ0) is 30.4. The smallest absolute Gasteiger partial charge is 0.339 e. The van der Waals surface area contributed by atoms with Crippen LogP contribution in [0, 0.1) is 6.92 Å². The van der Waals surface area contributed by atoms with Gasteiger partial charge in [0, 0.05) is 15.4 Å². The molecule has 8 nitrogen and oxygen atoms in total. The molecule has 1 aliphatic rings. The largest absolute Gasteiger partial charge is 0.507 e. The molecule has 0 atom stereocenters. The Hall–Kier alpha value is -4.86. The van der Waals surface area contributed by atoms with Gasteiger partial charge in [0.1, 0.15) is 5.75 Å². The fourth-order valence-electron chi connectivity index (χ4n) is 4.98. The number of rotatable bonds is 6. The first-order chi connectivity index (χ1) is 20.7. The predicted octanol–water partition coefficient (Wildman–Crippen LogP) is 7.17. The number of phenols is 1. The number of nitrogens with zero attached hydrogens (tertiary/aromatic N) is 2. The van der Waals surface area contributed by atoms with E-state index in [0.29, 0.717) is 54.0 Å². The highest BCUT2D eigenvalue weighted by Crippen LogP contribution is 2.36. The highest BCUT2D eigenvalue weighted by atomic mass is 79.9. The number of ether oxygens (including phenoxy) is 1. The van der Waals surface area contributed by atoms with Crippen LogP contribution in [-0.4, -0.2) is 40.3 Å². The number of pyridine rings is 1. The fourth-order valence-corrected chi connectivity index (χ4v) is 5.65. The molecule has 0 bridgehead atoms. The van der Waals surface area contributed by atoms with Crippen molar-refractivity contribution in [2.45, 2.75) is 6.92 Å². The van der Waals surface area contributed by atoms with Gasteiger partial charge in [-0.05, 0) is 76.9 Å². The molecule has 0 saturated heterocycles. The number of anilines is 1. The number of hydrogen-bond donors (Lipinski definition) is 1. The standard InChI is InChI=1S/C33H20BrClN2O6/c1-17-29(35)25(34)14-23-24(33(42)43-16-28(39)22-8-4-5-9-27(22)38)15-26(36-30(17)23)18-10-12-19(13-11-18)37-31(40)20-6-2-3-7-21(20)32(37)41/h2-15,38H,16H2,1H3. The van der Waals surface area contributed by atoms with Crippen LogP contribution in [0.4, 0.5) is 5.69 Å². The van der Waals surface area contributed by atoms with Gasteiger partial charge >= 0.3 is 5.97 Å². The van der Waals surface area contributed by atoms with Crippen LogP contribution in [-0.2, 0) is 4.74 Å². The lowest BCUT2D eigenvalue weighted by molar-refractivity contribution is 0.0475. The molecule has 1 aromatic heterocycles. The number of imide groups is 1. The second-order valence-corrected chi connectivity index (χ2v) is 11.0. The third-order valence-corrected chi connectivity index (χ3v) is 8.54. The SMILES string of the molecule is Cc1c(Cl)c(Br)cc2c(C(=O)OCC(=O)c3ccccc3O)cc(-c3ccc(N4C(=O)c5ccccc5C4=O)cc3)nc12. The number of aromatic hydroxyl groups is 1. The zero-order valence-electron chi connectivity index (χ0n) is 22.4. The van der Waals surface area contributed by atoms with E-state index in [0.717, 1.165) is 4.90 Å². The highest BCUT2D eigenvalue weighted by Gasteiger charge is 2.36. The van der Waals surface area contributed by atoms with Crippen LogP contribution in [0.2, 0.25) is 5.02 Å². The molecule has 5 aromatic rings. The molecule has 0 unspecified atom stereocenters. The van der Waals surface area contributed by atoms with E-state index in [2.05, 4.69) is 15.9 Å². The van der Waals surface area contributed by atoms with E-state index < -0.39 is 30.2 Å². The van der Waals surface area contributed by atoms with Crippen LogP contribution < -0.4 is 4.90 Å². The predicted molar refractivity (Wildman–Crippen MR) is 165 cm³/mol. The van der Waals surface area contributed by atoms with Gasteiger partial charge in [-0.3, -0.25) is 14.4 Å². The van der Waals surface area contributed by atoms with Gasteiger partial charge < -0.3 is 9.84 Å². The Morgan fingerprint density at radius 3 is 2.19 bits per heavy atom. The Morgan fingerprint density at radius 2 is 1.53 bits per heavy atom. The fraction of sp³-hybridized carbons (Fsp3) is 0.0606. The van der Waals surface area contributed by atoms with Gasteiger partial charge in [0.05, 0.1) is 44.2 Å². The van der Waals surface area contributed by atoms with Crippen molar-refractivity contribution in [2.75, 3.05) is 11.5 Å². The van der Waals surface area contributed by atoms with E-state index in [1.165, 1.54) is 12.1 Å². The lowest BCUT2D eigenvalue weighted by Crippen LogP contribution is -2.29. The van der Waals surface area contributed by atoms with E-state index in [9.17, 15) is 24.3 Å². The number of aromatic nitrogens is 1. The normalized spacial score (nSPS) is 12.5. The van der Waals surface area contributed by atoms with E-state index in [-0.39, 0.29) is 16.9 Å². The number of phenolic OH excluding ortho intramolecular Hbond substituents is 1. The molecule has 1 N–H and O–H groups in total. The molecule has 0 aliphatic carbocycles. The molecule has 43 heavy (non-hydrogen) atoms. The topological polar surface area (TPSA) is 114 Å². The Morgan fingerprint density at radius 1 is 0.907 bits per heavy atom. The monoisotopic (exact) mass is 654 g/mol. The number of halogens is 2. The average molecular weight is 656 g/mol. The minimum absolute atomic E-state index is 0.0408. The molecular formula is C33H20BrClN2O6. The summed E-state index contributed by atoms with van der Waals surface area (Å²) < 4.78 is 5.95. The van der Waals surface area contributed by atoms with Gasteiger partial charge in [-0.1, -0.05) is 48.0 Å². The molecule has 10 heteroatoms. The summed E-state index contributed by atoms with van der Waals surface area (Å²) in [5.41, 5.74) is 3.34. The number of carbonyl (C=O) groups excluding carboxylic acids is 4. The second kappa shape index (κ2) is 11.1. The molecule has 1 aliphatic heterocycles. The van der Waals surface area contributed by atoms with Crippen molar-refractivity contribution in [3.63, 3.8) is 0 Å². The molecule has 2 amide bonds. The van der Waals surface area contributed by atoms with Crippen LogP contribution >= 0.6 is 27.5 Å². The van der Waals surface area contributed by atoms with Gasteiger partial charge in [0.15, 0.2) is 6.61 Å². The third kappa shape index (κ3) is 4.96. The highest BCUT2D eigenvalue weighted by molar-refractivity contribution is 9.10. The first-order valence-electron chi connectivity index (χ1n) is 13.0. The number of ketones is 1. The summed E-state index contributed by atoms with van der Waals surface area (Å²) in [5, 5.41) is 10.9. The van der Waals surface area contributed by atoms with Gasteiger partial charge in [-0.2, -0.15) is 0 Å². The number of aryl methyl sites for hydroxylation is 1. The summed E-state index contributed by atoms with van der Waals surface area (Å²) in [6.45, 7) is 1.19. The van der Waals surface area contributed by atoms with E-state index in [4.69, 9.17) is 21.3 Å². The van der Waals surface area contributed by atoms with Crippen molar-refractivity contribution < 1.29 is 29.0 Å². The van der Waals surface area contributed by atoms with Crippen LogP contribution in [0.15, 0.2) is 89.4 Å². The molecule has 4 aromatic carbocycles. The quantitative estimate of drug-likeness (QED) is 0.117. The Kier molecular flexibility index (Phi) is 7.29. The van der Waals surface area contributed by atoms with Gasteiger partial charge in [0.25, 0.3) is 11.8 Å². The summed E-state index contributed by atoms with van der Waals surface area (Å²) in [7, 11) is 0. The maximum atomic E-state index is 13.4. The summed E-state index contributed by atoms with van der Waals surface area (Å²) in [6.07, 6.45) is 0. The molecule has 0 spiro atoms. The number of para-hydroxylation sites is 1. The summed E-state index contributed by atoms with van der Waals surface area (Å²) in [4.78, 5) is 57.8. The van der Waals surface area contributed by atoms with Crippen LogP contribution in [0.5, 0.6) is 5.75 Å². The molecule has 6 rings (SSSR count). The number of carbonyl (C=O) groups is 4. The van der Waals surface area contributed by atoms with Gasteiger partial charge in [-0.15, -0.1) is 0 Å². The second-order valence-electron chi connectivity index (χ2n) is 9.80. The Balaban J connectivity index is 1.35. The van der Waals surface area contributed by atoms with Crippen molar-refractivity contribution in [3.8, 4) is 17.0 Å². The number of fused-ring (bicyclic) bond motifs is 2. The summed E-state index contributed by atoms with van der Waals surface area (Å²) in [5.74, 6) is -2.35. The van der Waals surface area contributed by atoms with Crippen LogP contribution in [0.25, 0.3) is 22.2 Å². The van der Waals surface area contributed by atoms with Gasteiger partial charge in [0.2, 0.25) is 5.78 Å². The zero-order valence-corrected chi connectivity index (χ0v) is 24.8. The maximum Gasteiger partial charge on any atom is 0.339 e. The van der Waals surface area contributed by atoms with E-state index >= 15 is 0 Å². The Labute approximate surface area is 258 Å². The van der Waals surface area contributed by atoms with Crippen molar-refractivity contribution in [3.05, 3.63) is 122 Å². The number of Topliss-reactive ketones (excluding diaryl/α,β-unsaturated/α-hetero) is 1. The van der Waals surface area contributed by atoms with E-state index in [1.807, 2.05) is 0 Å². The molecular weight excluding hydrogens is 636 g/mol. The first kappa shape index (κ1) is 28.3. The molecule has 0 fully saturated rings. The lowest BCUT2D eigenvalue weighted by Gasteiger charge is -2.15. The average Bonchev–Trinajstić information content (AvgIpc) is 3.27. The number of amides is 2. The van der Waals surface area contributed by atoms with Crippen molar-refractivity contribution in [1.82, 2.24) is 4.98 Å². The van der Waals surface area contributed by atoms with Crippen molar-refractivity contribution in [2.24, 2.45) is 0 Å². The minimum Gasteiger partial charge on any atom is -0.507 e. The third-order valence-electron chi connectivity index (χ3n) is 7.20. The summed E-state index contributed by atoms with van der Waals surface area (Å²) in [6, 6.07) is 22.5. The lowest BCUT2D eigenvalue weighted by atomic mass is 10.0. The Bertz CT molecular complexity index is 1970. The van der Waals surface area contributed by atoms with Gasteiger partial charge in [-0.25, -0.2) is 14.7 Å². The molecule has 0 radical (unpaired) electrons. The summed E-state index contributed by atoms with van der Waals surface area (Å²) >= 11 is 9.91. The molecule has 212 valence electrons. The van der Waals surface area contributed by atoms with Crippen LogP contribution in [0.3, 0.4) is 0 Å². The maximum absolute atomic E-state index is 13.4. The number of hydrogen-bond acceptors (Lipinski definition) is 7. The molecule has 2 heterocycles. The van der Waals surface area contributed by atoms with Crippen molar-refractivity contribution >= 4 is 67.7 Å². The number of benzene rings is 4. The van der Waals surface area contributed by atoms with E-state index in [1.54, 1.807) is 79.7 Å². The first-order valence-corrected chi connectivity index (χ1v) is 14.2. The number of esters is 1. The van der Waals surface area contributed by atoms with Crippen molar-refractivity contribution in [1.29, 1.82) is 0 Å².